The van der Waals surface area contributed by atoms with Crippen molar-refractivity contribution in [3.63, 3.8) is 0 Å². The van der Waals surface area contributed by atoms with E-state index in [1.54, 1.807) is 0 Å². The fourth-order valence-corrected chi connectivity index (χ4v) is 4.48. The highest BCUT2D eigenvalue weighted by atomic mass is 32.1. The van der Waals surface area contributed by atoms with Gasteiger partial charge in [-0.25, -0.2) is 0 Å². The van der Waals surface area contributed by atoms with Gasteiger partial charge in [0.1, 0.15) is 16.5 Å². The summed E-state index contributed by atoms with van der Waals surface area (Å²) in [4.78, 5) is 14.5. The first-order chi connectivity index (χ1) is 13.8. The highest BCUT2D eigenvalue weighted by Gasteiger charge is 2.20. The summed E-state index contributed by atoms with van der Waals surface area (Å²) in [5, 5.41) is 11.6. The molecule has 28 heavy (non-hydrogen) atoms. The highest BCUT2D eigenvalue weighted by Crippen LogP contribution is 2.36. The third-order valence-corrected chi connectivity index (χ3v) is 6.02. The minimum atomic E-state index is -0.137. The quantitative estimate of drug-likeness (QED) is 0.682. The average molecular weight is 397 g/mol. The summed E-state index contributed by atoms with van der Waals surface area (Å²) < 4.78 is 7.87. The van der Waals surface area contributed by atoms with Crippen LogP contribution >= 0.6 is 11.3 Å². The van der Waals surface area contributed by atoms with Crippen LogP contribution in [0, 0.1) is 0 Å². The zero-order chi connectivity index (χ0) is 19.3. The van der Waals surface area contributed by atoms with Crippen molar-refractivity contribution in [3.05, 3.63) is 52.9 Å². The van der Waals surface area contributed by atoms with E-state index >= 15 is 0 Å². The largest absolute Gasteiger partial charge is 0.492 e. The molecule has 0 radical (unpaired) electrons. The molecule has 6 nitrogen and oxygen atoms in total. The molecule has 1 aliphatic rings. The minimum Gasteiger partial charge on any atom is -0.492 e. The Morgan fingerprint density at radius 3 is 2.89 bits per heavy atom. The average Bonchev–Trinajstić information content (AvgIpc) is 3.24. The number of thiophene rings is 1. The number of hydrogen-bond donors (Lipinski definition) is 1. The van der Waals surface area contributed by atoms with E-state index in [1.807, 2.05) is 43.3 Å². The van der Waals surface area contributed by atoms with Crippen molar-refractivity contribution >= 4 is 17.2 Å². The SMILES string of the molecule is CCOc1cc(-c2ccccc2)sc1C(=O)NCc1nnc2n1CCCCC2. The third-order valence-electron chi connectivity index (χ3n) is 4.86. The number of rotatable bonds is 6. The number of aryl methyl sites for hydroxylation is 1. The molecule has 1 aliphatic heterocycles. The molecule has 4 rings (SSSR count). The van der Waals surface area contributed by atoms with Gasteiger partial charge < -0.3 is 14.6 Å². The van der Waals surface area contributed by atoms with Crippen LogP contribution in [0.3, 0.4) is 0 Å². The molecule has 3 heterocycles. The molecular weight excluding hydrogens is 372 g/mol. The molecule has 2 aromatic heterocycles. The van der Waals surface area contributed by atoms with E-state index in [2.05, 4.69) is 20.1 Å². The Morgan fingerprint density at radius 2 is 2.07 bits per heavy atom. The number of amides is 1. The Hall–Kier alpha value is -2.67. The van der Waals surface area contributed by atoms with Crippen molar-refractivity contribution in [2.75, 3.05) is 6.61 Å². The Morgan fingerprint density at radius 1 is 1.21 bits per heavy atom. The fourth-order valence-electron chi connectivity index (χ4n) is 3.46. The molecule has 1 N–H and O–H groups in total. The lowest BCUT2D eigenvalue weighted by Crippen LogP contribution is -2.24. The van der Waals surface area contributed by atoms with Crippen LogP contribution in [0.25, 0.3) is 10.4 Å². The second kappa shape index (κ2) is 8.56. The minimum absolute atomic E-state index is 0.137. The number of benzene rings is 1. The van der Waals surface area contributed by atoms with Crippen LogP contribution in [0.2, 0.25) is 0 Å². The monoisotopic (exact) mass is 396 g/mol. The number of nitrogens with one attached hydrogen (secondary N) is 1. The smallest absolute Gasteiger partial charge is 0.265 e. The molecule has 0 saturated heterocycles. The zero-order valence-electron chi connectivity index (χ0n) is 16.0. The number of hydrogen-bond acceptors (Lipinski definition) is 5. The lowest BCUT2D eigenvalue weighted by molar-refractivity contribution is 0.0950. The van der Waals surface area contributed by atoms with Crippen molar-refractivity contribution in [2.45, 2.75) is 45.7 Å². The van der Waals surface area contributed by atoms with E-state index in [0.717, 1.165) is 47.9 Å². The van der Waals surface area contributed by atoms with Crippen molar-refractivity contribution in [3.8, 4) is 16.2 Å². The Labute approximate surface area is 168 Å². The molecule has 0 saturated carbocycles. The van der Waals surface area contributed by atoms with Gasteiger partial charge >= 0.3 is 0 Å². The summed E-state index contributed by atoms with van der Waals surface area (Å²) in [5.41, 5.74) is 1.08. The lowest BCUT2D eigenvalue weighted by Gasteiger charge is -2.08. The molecule has 0 spiro atoms. The van der Waals surface area contributed by atoms with E-state index in [4.69, 9.17) is 4.74 Å². The van der Waals surface area contributed by atoms with Crippen LogP contribution in [0.5, 0.6) is 5.75 Å². The van der Waals surface area contributed by atoms with Gasteiger partial charge in [-0.1, -0.05) is 36.8 Å². The van der Waals surface area contributed by atoms with Crippen molar-refractivity contribution in [2.24, 2.45) is 0 Å². The van der Waals surface area contributed by atoms with Gasteiger partial charge in [0, 0.05) is 17.8 Å². The lowest BCUT2D eigenvalue weighted by atomic mass is 10.2. The maximum absolute atomic E-state index is 12.9. The van der Waals surface area contributed by atoms with Gasteiger partial charge in [0.05, 0.1) is 13.2 Å². The van der Waals surface area contributed by atoms with Gasteiger partial charge in [0.2, 0.25) is 0 Å². The zero-order valence-corrected chi connectivity index (χ0v) is 16.8. The predicted octanol–water partition coefficient (Wildman–Crippen LogP) is 4.06. The van der Waals surface area contributed by atoms with Crippen LogP contribution in [0.15, 0.2) is 36.4 Å². The van der Waals surface area contributed by atoms with Gasteiger partial charge in [-0.05, 0) is 31.4 Å². The van der Waals surface area contributed by atoms with Crippen LogP contribution in [-0.2, 0) is 19.5 Å². The molecular formula is C21H24N4O2S. The Bertz CT molecular complexity index is 949. The molecule has 3 aromatic rings. The number of fused-ring (bicyclic) bond motifs is 1. The van der Waals surface area contributed by atoms with Gasteiger partial charge in [-0.3, -0.25) is 4.79 Å². The van der Waals surface area contributed by atoms with Crippen molar-refractivity contribution < 1.29 is 9.53 Å². The number of aromatic nitrogens is 3. The Kier molecular flexibility index (Phi) is 5.71. The van der Waals surface area contributed by atoms with Crippen molar-refractivity contribution in [1.82, 2.24) is 20.1 Å². The summed E-state index contributed by atoms with van der Waals surface area (Å²) in [7, 11) is 0. The molecule has 0 fully saturated rings. The van der Waals surface area contributed by atoms with E-state index in [-0.39, 0.29) is 5.91 Å². The molecule has 0 bridgehead atoms. The van der Waals surface area contributed by atoms with Crippen molar-refractivity contribution in [1.29, 1.82) is 0 Å². The summed E-state index contributed by atoms with van der Waals surface area (Å²) in [6.07, 6.45) is 4.45. The first-order valence-corrected chi connectivity index (χ1v) is 10.6. The summed E-state index contributed by atoms with van der Waals surface area (Å²) in [5.74, 6) is 2.34. The highest BCUT2D eigenvalue weighted by molar-refractivity contribution is 7.17. The van der Waals surface area contributed by atoms with Crippen LogP contribution in [0.1, 0.15) is 47.5 Å². The van der Waals surface area contributed by atoms with Crippen LogP contribution in [-0.4, -0.2) is 27.3 Å². The van der Waals surface area contributed by atoms with Gasteiger partial charge in [0.25, 0.3) is 5.91 Å². The normalized spacial score (nSPS) is 13.6. The number of ether oxygens (including phenoxy) is 1. The van der Waals surface area contributed by atoms with E-state index < -0.39 is 0 Å². The Balaban J connectivity index is 1.52. The third kappa shape index (κ3) is 3.94. The van der Waals surface area contributed by atoms with E-state index in [0.29, 0.717) is 23.8 Å². The first kappa shape index (κ1) is 18.7. The van der Waals surface area contributed by atoms with Gasteiger partial charge in [0.15, 0.2) is 5.82 Å². The first-order valence-electron chi connectivity index (χ1n) is 9.77. The van der Waals surface area contributed by atoms with E-state index in [9.17, 15) is 4.79 Å². The number of nitrogens with zero attached hydrogens (tertiary/aromatic N) is 3. The number of carbonyl (C=O) groups excluding carboxylic acids is 1. The summed E-state index contributed by atoms with van der Waals surface area (Å²) in [6.45, 7) is 3.74. The predicted molar refractivity (Wildman–Crippen MR) is 110 cm³/mol. The molecule has 7 heteroatoms. The standard InChI is InChI=1S/C21H24N4O2S/c1-2-27-16-13-17(15-9-5-3-6-10-15)28-20(16)21(26)22-14-19-24-23-18-11-7-4-8-12-25(18)19/h3,5-6,9-10,13H,2,4,7-8,11-12,14H2,1H3,(H,22,26). The molecule has 146 valence electrons. The molecule has 1 aromatic carbocycles. The van der Waals surface area contributed by atoms with E-state index in [1.165, 1.54) is 17.8 Å². The van der Waals surface area contributed by atoms with Crippen LogP contribution < -0.4 is 10.1 Å². The molecule has 0 atom stereocenters. The van der Waals surface area contributed by atoms with Gasteiger partial charge in [-0.15, -0.1) is 21.5 Å². The maximum Gasteiger partial charge on any atom is 0.265 e. The molecule has 0 unspecified atom stereocenters. The fraction of sp³-hybridized carbons (Fsp3) is 0.381. The summed E-state index contributed by atoms with van der Waals surface area (Å²) in [6, 6.07) is 12.0. The summed E-state index contributed by atoms with van der Waals surface area (Å²) >= 11 is 1.45. The number of carbonyl (C=O) groups is 1. The molecule has 1 amide bonds. The van der Waals surface area contributed by atoms with Gasteiger partial charge in [-0.2, -0.15) is 0 Å². The topological polar surface area (TPSA) is 69.0 Å². The second-order valence-corrected chi connectivity index (χ2v) is 7.83. The second-order valence-electron chi connectivity index (χ2n) is 6.78. The van der Waals surface area contributed by atoms with Crippen LogP contribution in [0.4, 0.5) is 0 Å². The molecule has 0 aliphatic carbocycles. The maximum atomic E-state index is 12.9.